The molecule has 1 saturated carbocycles. The van der Waals surface area contributed by atoms with Crippen LogP contribution >= 0.6 is 0 Å². The minimum Gasteiger partial charge on any atom is -0.491 e. The molecule has 6 heteroatoms. The van der Waals surface area contributed by atoms with Crippen molar-refractivity contribution in [2.45, 2.75) is 63.5 Å². The van der Waals surface area contributed by atoms with Crippen molar-refractivity contribution < 1.29 is 19.4 Å². The Morgan fingerprint density at radius 3 is 2.54 bits per heavy atom. The number of amides is 3. The number of benzene rings is 1. The van der Waals surface area contributed by atoms with Crippen LogP contribution in [-0.4, -0.2) is 46.7 Å². The highest BCUT2D eigenvalue weighted by Crippen LogP contribution is 2.35. The summed E-state index contributed by atoms with van der Waals surface area (Å²) in [6.45, 7) is 6.26. The summed E-state index contributed by atoms with van der Waals surface area (Å²) in [7, 11) is 0. The zero-order valence-corrected chi connectivity index (χ0v) is 15.7. The average Bonchev–Trinajstić information content (AvgIpc) is 3.13. The lowest BCUT2D eigenvalue weighted by Gasteiger charge is -2.24. The van der Waals surface area contributed by atoms with E-state index in [1.165, 1.54) is 0 Å². The largest absolute Gasteiger partial charge is 0.491 e. The fourth-order valence-corrected chi connectivity index (χ4v) is 3.82. The van der Waals surface area contributed by atoms with E-state index in [-0.39, 0.29) is 24.5 Å². The predicted molar refractivity (Wildman–Crippen MR) is 98.1 cm³/mol. The van der Waals surface area contributed by atoms with Crippen molar-refractivity contribution in [2.24, 2.45) is 0 Å². The summed E-state index contributed by atoms with van der Waals surface area (Å²) in [6.07, 6.45) is 2.30. The molecule has 142 valence electrons. The van der Waals surface area contributed by atoms with Crippen LogP contribution in [0.15, 0.2) is 24.3 Å². The summed E-state index contributed by atoms with van der Waals surface area (Å²) in [6, 6.07) is 7.31. The summed E-state index contributed by atoms with van der Waals surface area (Å²) in [5.74, 6) is 0.498. The molecule has 0 bridgehead atoms. The lowest BCUT2D eigenvalue weighted by Crippen LogP contribution is -2.45. The fourth-order valence-electron chi connectivity index (χ4n) is 3.82. The number of aliphatic hydroxyl groups excluding tert-OH is 1. The summed E-state index contributed by atoms with van der Waals surface area (Å²) < 4.78 is 5.80. The number of urea groups is 1. The second-order valence-corrected chi connectivity index (χ2v) is 8.35. The molecule has 1 spiro atoms. The van der Waals surface area contributed by atoms with Crippen molar-refractivity contribution in [2.75, 3.05) is 13.2 Å². The maximum Gasteiger partial charge on any atom is 0.325 e. The number of imide groups is 1. The fraction of sp³-hybridized carbons (Fsp3) is 0.600. The van der Waals surface area contributed by atoms with Gasteiger partial charge in [-0.2, -0.15) is 0 Å². The first kappa shape index (κ1) is 18.7. The molecule has 0 aromatic heterocycles. The number of hydrogen-bond donors (Lipinski definition) is 2. The van der Waals surface area contributed by atoms with Gasteiger partial charge in [0.05, 0.1) is 6.54 Å². The molecule has 1 atom stereocenters. The number of nitrogens with one attached hydrogen (secondary N) is 1. The van der Waals surface area contributed by atoms with Gasteiger partial charge in [-0.25, -0.2) is 4.79 Å². The highest BCUT2D eigenvalue weighted by molar-refractivity contribution is 6.07. The van der Waals surface area contributed by atoms with Gasteiger partial charge in [-0.15, -0.1) is 0 Å². The maximum atomic E-state index is 12.6. The monoisotopic (exact) mass is 360 g/mol. The van der Waals surface area contributed by atoms with Crippen molar-refractivity contribution in [3.8, 4) is 5.75 Å². The lowest BCUT2D eigenvalue weighted by atomic mass is 9.86. The molecule has 2 N–H and O–H groups in total. The molecule has 0 radical (unpaired) electrons. The molecule has 6 nitrogen and oxygen atoms in total. The van der Waals surface area contributed by atoms with Crippen LogP contribution < -0.4 is 10.1 Å². The summed E-state index contributed by atoms with van der Waals surface area (Å²) in [4.78, 5) is 25.9. The third-order valence-corrected chi connectivity index (χ3v) is 5.22. The van der Waals surface area contributed by atoms with Crippen LogP contribution in [0, 0.1) is 0 Å². The minimum atomic E-state index is -0.936. The Bertz CT molecular complexity index is 689. The van der Waals surface area contributed by atoms with Crippen molar-refractivity contribution in [3.05, 3.63) is 29.8 Å². The highest BCUT2D eigenvalue weighted by atomic mass is 16.5. The third-order valence-electron chi connectivity index (χ3n) is 5.22. The minimum absolute atomic E-state index is 0.0250. The average molecular weight is 360 g/mol. The topological polar surface area (TPSA) is 78.9 Å². The molecule has 1 saturated heterocycles. The number of β-amino-alcohol motifs (C(OH)–C–C–N with tert-alkyl or cyclic N) is 1. The zero-order chi connectivity index (χ0) is 18.9. The van der Waals surface area contributed by atoms with Crippen LogP contribution in [-0.2, 0) is 10.2 Å². The van der Waals surface area contributed by atoms with Crippen molar-refractivity contribution in [1.29, 1.82) is 0 Å². The molecule has 1 aromatic rings. The Kier molecular flexibility index (Phi) is 4.97. The van der Waals surface area contributed by atoms with E-state index in [4.69, 9.17) is 4.74 Å². The number of carbonyl (C=O) groups is 2. The normalized spacial score (nSPS) is 20.5. The standard InChI is InChI=1S/C20H28N2O4/c1-19(2,3)15-8-4-5-9-16(15)26-13-14(23)12-22-17(24)20(21-18(22)25)10-6-7-11-20/h4-5,8-9,14,23H,6-7,10-13H2,1-3H3,(H,21,25)/t14-/m0/s1. The Balaban J connectivity index is 1.61. The van der Waals surface area contributed by atoms with Crippen molar-refractivity contribution in [3.63, 3.8) is 0 Å². The Labute approximate surface area is 154 Å². The molecule has 1 aliphatic heterocycles. The van der Waals surface area contributed by atoms with E-state index in [0.717, 1.165) is 23.3 Å². The molecule has 2 fully saturated rings. The van der Waals surface area contributed by atoms with Crippen molar-refractivity contribution >= 4 is 11.9 Å². The maximum absolute atomic E-state index is 12.6. The molecule has 2 aliphatic rings. The van der Waals surface area contributed by atoms with Crippen LogP contribution in [0.4, 0.5) is 4.79 Å². The number of carbonyl (C=O) groups excluding carboxylic acids is 2. The van der Waals surface area contributed by atoms with E-state index >= 15 is 0 Å². The van der Waals surface area contributed by atoms with E-state index in [9.17, 15) is 14.7 Å². The number of rotatable bonds is 5. The Morgan fingerprint density at radius 2 is 1.88 bits per heavy atom. The number of ether oxygens (including phenoxy) is 1. The molecule has 1 heterocycles. The Hall–Kier alpha value is -2.08. The molecule has 0 unspecified atom stereocenters. The molecule has 3 amide bonds. The highest BCUT2D eigenvalue weighted by Gasteiger charge is 2.52. The van der Waals surface area contributed by atoms with Gasteiger partial charge in [0.1, 0.15) is 24.0 Å². The molecular weight excluding hydrogens is 332 g/mol. The first-order chi connectivity index (χ1) is 12.2. The first-order valence-electron chi connectivity index (χ1n) is 9.27. The zero-order valence-electron chi connectivity index (χ0n) is 15.7. The van der Waals surface area contributed by atoms with Crippen LogP contribution in [0.3, 0.4) is 0 Å². The molecule has 26 heavy (non-hydrogen) atoms. The van der Waals surface area contributed by atoms with Gasteiger partial charge in [-0.1, -0.05) is 51.8 Å². The van der Waals surface area contributed by atoms with Crippen LogP contribution in [0.25, 0.3) is 0 Å². The van der Waals surface area contributed by atoms with Crippen LogP contribution in [0.1, 0.15) is 52.0 Å². The van der Waals surface area contributed by atoms with Gasteiger partial charge in [0, 0.05) is 0 Å². The van der Waals surface area contributed by atoms with E-state index in [1.54, 1.807) is 0 Å². The van der Waals surface area contributed by atoms with Gasteiger partial charge < -0.3 is 15.2 Å². The number of para-hydroxylation sites is 1. The molecular formula is C20H28N2O4. The quantitative estimate of drug-likeness (QED) is 0.791. The second-order valence-electron chi connectivity index (χ2n) is 8.35. The van der Waals surface area contributed by atoms with Crippen LogP contribution in [0.5, 0.6) is 5.75 Å². The molecule has 1 aliphatic carbocycles. The van der Waals surface area contributed by atoms with Gasteiger partial charge in [-0.05, 0) is 29.9 Å². The van der Waals surface area contributed by atoms with Gasteiger partial charge in [0.15, 0.2) is 0 Å². The third kappa shape index (κ3) is 3.56. The molecule has 3 rings (SSSR count). The summed E-state index contributed by atoms with van der Waals surface area (Å²) in [5, 5.41) is 13.2. The summed E-state index contributed by atoms with van der Waals surface area (Å²) in [5.41, 5.74) is 0.227. The van der Waals surface area contributed by atoms with Gasteiger partial charge in [0.25, 0.3) is 5.91 Å². The van der Waals surface area contributed by atoms with Gasteiger partial charge in [-0.3, -0.25) is 9.69 Å². The van der Waals surface area contributed by atoms with Crippen molar-refractivity contribution in [1.82, 2.24) is 10.2 Å². The molecule has 1 aromatic carbocycles. The first-order valence-corrected chi connectivity index (χ1v) is 9.27. The number of aliphatic hydroxyl groups is 1. The van der Waals surface area contributed by atoms with Gasteiger partial charge in [0.2, 0.25) is 0 Å². The van der Waals surface area contributed by atoms with E-state index < -0.39 is 17.7 Å². The number of hydrogen-bond acceptors (Lipinski definition) is 4. The van der Waals surface area contributed by atoms with E-state index in [0.29, 0.717) is 18.6 Å². The Morgan fingerprint density at radius 1 is 1.23 bits per heavy atom. The summed E-state index contributed by atoms with van der Waals surface area (Å²) >= 11 is 0. The lowest BCUT2D eigenvalue weighted by molar-refractivity contribution is -0.132. The van der Waals surface area contributed by atoms with Gasteiger partial charge >= 0.3 is 6.03 Å². The SMILES string of the molecule is CC(C)(C)c1ccccc1OC[C@@H](O)CN1C(=O)NC2(CCCC2)C1=O. The van der Waals surface area contributed by atoms with E-state index in [2.05, 4.69) is 26.1 Å². The number of nitrogens with zero attached hydrogens (tertiary/aromatic N) is 1. The van der Waals surface area contributed by atoms with E-state index in [1.807, 2.05) is 24.3 Å². The smallest absolute Gasteiger partial charge is 0.325 e. The second kappa shape index (κ2) is 6.91. The predicted octanol–water partition coefficient (Wildman–Crippen LogP) is 2.59. The van der Waals surface area contributed by atoms with Crippen LogP contribution in [0.2, 0.25) is 0 Å².